The van der Waals surface area contributed by atoms with Gasteiger partial charge in [0.05, 0.1) is 18.1 Å². The van der Waals surface area contributed by atoms with E-state index < -0.39 is 0 Å². The van der Waals surface area contributed by atoms with Crippen molar-refractivity contribution in [2.45, 2.75) is 6.54 Å². The zero-order chi connectivity index (χ0) is 16.4. The van der Waals surface area contributed by atoms with Gasteiger partial charge in [-0.15, -0.1) is 0 Å². The number of nitrogens with zero attached hydrogens (tertiary/aromatic N) is 2. The summed E-state index contributed by atoms with van der Waals surface area (Å²) in [7, 11) is 0. The van der Waals surface area contributed by atoms with Crippen LogP contribution in [0.5, 0.6) is 11.5 Å². The molecule has 2 aromatic carbocycles. The molecule has 0 aliphatic carbocycles. The van der Waals surface area contributed by atoms with Gasteiger partial charge in [-0.3, -0.25) is 4.98 Å². The van der Waals surface area contributed by atoms with Crippen LogP contribution < -0.4 is 14.8 Å². The number of hydrogen-bond acceptors (Lipinski definition) is 5. The van der Waals surface area contributed by atoms with Crippen LogP contribution in [0.4, 0.5) is 5.82 Å². The van der Waals surface area contributed by atoms with Gasteiger partial charge in [0.1, 0.15) is 5.82 Å². The van der Waals surface area contributed by atoms with Crippen LogP contribution in [0, 0.1) is 0 Å². The van der Waals surface area contributed by atoms with Crippen LogP contribution in [0.1, 0.15) is 5.56 Å². The molecule has 3 aromatic rings. The summed E-state index contributed by atoms with van der Waals surface area (Å²) >= 11 is 6.04. The van der Waals surface area contributed by atoms with Crippen molar-refractivity contribution in [3.05, 3.63) is 65.4 Å². The minimum atomic E-state index is 0.277. The lowest BCUT2D eigenvalue weighted by Crippen LogP contribution is -2.02. The third kappa shape index (κ3) is 3.12. The summed E-state index contributed by atoms with van der Waals surface area (Å²) in [5, 5.41) is 3.95. The van der Waals surface area contributed by atoms with E-state index >= 15 is 0 Å². The van der Waals surface area contributed by atoms with E-state index in [1.165, 1.54) is 0 Å². The standard InChI is InChI=1S/C18H14ClN3O2/c19-14-3-1-2-13(7-14)15-9-20-10-18(22-15)21-8-12-4-5-16-17(6-12)24-11-23-16/h1-7,9-10H,8,11H2,(H,21,22). The fraction of sp³-hybridized carbons (Fsp3) is 0.111. The molecule has 0 unspecified atom stereocenters. The quantitative estimate of drug-likeness (QED) is 0.774. The van der Waals surface area contributed by atoms with Crippen LogP contribution in [0.2, 0.25) is 5.02 Å². The molecule has 0 spiro atoms. The Balaban J connectivity index is 1.50. The van der Waals surface area contributed by atoms with Gasteiger partial charge in [-0.1, -0.05) is 29.8 Å². The third-order valence-electron chi connectivity index (χ3n) is 3.67. The molecule has 120 valence electrons. The first-order valence-corrected chi connectivity index (χ1v) is 7.86. The number of hydrogen-bond donors (Lipinski definition) is 1. The SMILES string of the molecule is Clc1cccc(-c2cncc(NCc3ccc4c(c3)OCO4)n2)c1. The Bertz CT molecular complexity index is 886. The maximum atomic E-state index is 6.04. The Kier molecular flexibility index (Phi) is 3.92. The van der Waals surface area contributed by atoms with E-state index in [-0.39, 0.29) is 6.79 Å². The summed E-state index contributed by atoms with van der Waals surface area (Å²) in [6, 6.07) is 13.4. The molecule has 0 saturated carbocycles. The van der Waals surface area contributed by atoms with Crippen LogP contribution in [0.15, 0.2) is 54.9 Å². The van der Waals surface area contributed by atoms with Gasteiger partial charge in [-0.25, -0.2) is 4.98 Å². The molecule has 1 N–H and O–H groups in total. The van der Waals surface area contributed by atoms with Gasteiger partial charge in [0.25, 0.3) is 0 Å². The highest BCUT2D eigenvalue weighted by atomic mass is 35.5. The lowest BCUT2D eigenvalue weighted by atomic mass is 10.1. The van der Waals surface area contributed by atoms with Crippen LogP contribution in [0.25, 0.3) is 11.3 Å². The predicted octanol–water partition coefficient (Wildman–Crippen LogP) is 4.14. The van der Waals surface area contributed by atoms with Crippen molar-refractivity contribution in [1.29, 1.82) is 0 Å². The number of anilines is 1. The molecule has 5 nitrogen and oxygen atoms in total. The molecule has 4 rings (SSSR count). The van der Waals surface area contributed by atoms with Gasteiger partial charge in [-0.05, 0) is 29.8 Å². The number of aromatic nitrogens is 2. The highest BCUT2D eigenvalue weighted by Gasteiger charge is 2.13. The normalized spacial score (nSPS) is 12.2. The fourth-order valence-electron chi connectivity index (χ4n) is 2.48. The Labute approximate surface area is 144 Å². The van der Waals surface area contributed by atoms with Crippen molar-refractivity contribution in [2.24, 2.45) is 0 Å². The summed E-state index contributed by atoms with van der Waals surface area (Å²) in [5.41, 5.74) is 2.78. The van der Waals surface area contributed by atoms with E-state index in [9.17, 15) is 0 Å². The zero-order valence-corrected chi connectivity index (χ0v) is 13.5. The molecule has 0 radical (unpaired) electrons. The van der Waals surface area contributed by atoms with E-state index in [1.54, 1.807) is 12.4 Å². The summed E-state index contributed by atoms with van der Waals surface area (Å²) in [5.74, 6) is 2.25. The second kappa shape index (κ2) is 6.37. The smallest absolute Gasteiger partial charge is 0.231 e. The molecule has 0 bridgehead atoms. The first-order valence-electron chi connectivity index (χ1n) is 7.48. The second-order valence-electron chi connectivity index (χ2n) is 5.34. The summed E-state index contributed by atoms with van der Waals surface area (Å²) in [6.45, 7) is 0.893. The van der Waals surface area contributed by atoms with E-state index in [1.807, 2.05) is 42.5 Å². The average Bonchev–Trinajstić information content (AvgIpc) is 3.08. The first kappa shape index (κ1) is 14.8. The van der Waals surface area contributed by atoms with Crippen molar-refractivity contribution in [3.63, 3.8) is 0 Å². The molecule has 6 heteroatoms. The molecule has 1 aromatic heterocycles. The van der Waals surface area contributed by atoms with Crippen LogP contribution >= 0.6 is 11.6 Å². The molecule has 0 atom stereocenters. The van der Waals surface area contributed by atoms with Gasteiger partial charge in [0.2, 0.25) is 6.79 Å². The Morgan fingerprint density at radius 1 is 1.04 bits per heavy atom. The average molecular weight is 340 g/mol. The lowest BCUT2D eigenvalue weighted by molar-refractivity contribution is 0.174. The number of fused-ring (bicyclic) bond motifs is 1. The molecule has 0 amide bonds. The number of nitrogens with one attached hydrogen (secondary N) is 1. The van der Waals surface area contributed by atoms with Gasteiger partial charge < -0.3 is 14.8 Å². The maximum absolute atomic E-state index is 6.04. The lowest BCUT2D eigenvalue weighted by Gasteiger charge is -2.08. The molecule has 2 heterocycles. The monoisotopic (exact) mass is 339 g/mol. The number of halogens is 1. The fourth-order valence-corrected chi connectivity index (χ4v) is 2.67. The van der Waals surface area contributed by atoms with Crippen molar-refractivity contribution in [3.8, 4) is 22.8 Å². The van der Waals surface area contributed by atoms with Crippen molar-refractivity contribution >= 4 is 17.4 Å². The molecule has 24 heavy (non-hydrogen) atoms. The molecular weight excluding hydrogens is 326 g/mol. The van der Waals surface area contributed by atoms with Crippen molar-refractivity contribution in [1.82, 2.24) is 9.97 Å². The van der Waals surface area contributed by atoms with E-state index in [2.05, 4.69) is 15.3 Å². The summed E-state index contributed by atoms with van der Waals surface area (Å²) in [6.07, 6.45) is 3.42. The van der Waals surface area contributed by atoms with Crippen molar-refractivity contribution in [2.75, 3.05) is 12.1 Å². The molecule has 0 saturated heterocycles. The van der Waals surface area contributed by atoms with Gasteiger partial charge in [0, 0.05) is 17.1 Å². The number of benzene rings is 2. The van der Waals surface area contributed by atoms with Crippen LogP contribution in [-0.2, 0) is 6.54 Å². The van der Waals surface area contributed by atoms with E-state index in [4.69, 9.17) is 21.1 Å². The maximum Gasteiger partial charge on any atom is 0.231 e. The van der Waals surface area contributed by atoms with Gasteiger partial charge >= 0.3 is 0 Å². The predicted molar refractivity (Wildman–Crippen MR) is 92.4 cm³/mol. The molecule has 1 aliphatic rings. The highest BCUT2D eigenvalue weighted by Crippen LogP contribution is 2.32. The van der Waals surface area contributed by atoms with Crippen LogP contribution in [-0.4, -0.2) is 16.8 Å². The molecule has 1 aliphatic heterocycles. The number of ether oxygens (including phenoxy) is 2. The largest absolute Gasteiger partial charge is 0.454 e. The highest BCUT2D eigenvalue weighted by molar-refractivity contribution is 6.30. The first-order chi connectivity index (χ1) is 11.8. The van der Waals surface area contributed by atoms with Gasteiger partial charge in [0.15, 0.2) is 11.5 Å². The number of rotatable bonds is 4. The summed E-state index contributed by atoms with van der Waals surface area (Å²) in [4.78, 5) is 8.83. The minimum absolute atomic E-state index is 0.277. The Morgan fingerprint density at radius 2 is 1.96 bits per heavy atom. The van der Waals surface area contributed by atoms with E-state index in [0.29, 0.717) is 17.4 Å². The second-order valence-corrected chi connectivity index (χ2v) is 5.78. The van der Waals surface area contributed by atoms with E-state index in [0.717, 1.165) is 28.3 Å². The van der Waals surface area contributed by atoms with Gasteiger partial charge in [-0.2, -0.15) is 0 Å². The molecular formula is C18H14ClN3O2. The summed E-state index contributed by atoms with van der Waals surface area (Å²) < 4.78 is 10.7. The Morgan fingerprint density at radius 3 is 2.88 bits per heavy atom. The topological polar surface area (TPSA) is 56.3 Å². The third-order valence-corrected chi connectivity index (χ3v) is 3.90. The molecule has 0 fully saturated rings. The zero-order valence-electron chi connectivity index (χ0n) is 12.7. The van der Waals surface area contributed by atoms with Crippen LogP contribution in [0.3, 0.4) is 0 Å². The Hall–Kier alpha value is -2.79. The minimum Gasteiger partial charge on any atom is -0.454 e. The van der Waals surface area contributed by atoms with Crippen molar-refractivity contribution < 1.29 is 9.47 Å².